The third-order valence-corrected chi connectivity index (χ3v) is 5.44. The molecular weight excluding hydrogens is 320 g/mol. The van der Waals surface area contributed by atoms with E-state index in [2.05, 4.69) is 50.2 Å². The molecule has 1 aromatic rings. The van der Waals surface area contributed by atoms with E-state index >= 15 is 0 Å². The summed E-state index contributed by atoms with van der Waals surface area (Å²) in [6, 6.07) is 0.0934. The highest BCUT2D eigenvalue weighted by molar-refractivity contribution is 7.09. The fourth-order valence-corrected chi connectivity index (χ4v) is 4.63. The van der Waals surface area contributed by atoms with Crippen LogP contribution in [0.5, 0.6) is 0 Å². The van der Waals surface area contributed by atoms with Crippen molar-refractivity contribution in [1.29, 1.82) is 0 Å². The lowest BCUT2D eigenvalue weighted by molar-refractivity contribution is 0.0868. The maximum absolute atomic E-state index is 12.6. The maximum atomic E-state index is 12.6. The molecule has 0 aliphatic carbocycles. The summed E-state index contributed by atoms with van der Waals surface area (Å²) < 4.78 is 0. The van der Waals surface area contributed by atoms with Gasteiger partial charge in [0, 0.05) is 22.5 Å². The van der Waals surface area contributed by atoms with Gasteiger partial charge in [-0.1, -0.05) is 19.8 Å². The summed E-state index contributed by atoms with van der Waals surface area (Å²) in [5, 5.41) is 9.49. The number of nitrogens with one attached hydrogen (secondary N) is 2. The summed E-state index contributed by atoms with van der Waals surface area (Å²) in [6.45, 7) is 10.9. The summed E-state index contributed by atoms with van der Waals surface area (Å²) >= 11 is 1.49. The van der Waals surface area contributed by atoms with E-state index in [0.29, 0.717) is 5.69 Å². The molecule has 1 fully saturated rings. The molecule has 1 aliphatic rings. The molecule has 0 radical (unpaired) electrons. The zero-order chi connectivity index (χ0) is 18.0. The van der Waals surface area contributed by atoms with Gasteiger partial charge < -0.3 is 16.4 Å². The van der Waals surface area contributed by atoms with Crippen molar-refractivity contribution in [2.24, 2.45) is 5.73 Å². The van der Waals surface area contributed by atoms with Crippen molar-refractivity contribution in [3.05, 3.63) is 16.1 Å². The number of amides is 1. The Morgan fingerprint density at radius 2 is 2.04 bits per heavy atom. The van der Waals surface area contributed by atoms with E-state index in [1.54, 1.807) is 0 Å². The number of carbonyl (C=O) groups excluding carboxylic acids is 1. The molecular formula is C18H32N4OS. The monoisotopic (exact) mass is 352 g/mol. The van der Waals surface area contributed by atoms with Gasteiger partial charge in [0.1, 0.15) is 10.7 Å². The van der Waals surface area contributed by atoms with Gasteiger partial charge in [0.05, 0.1) is 6.04 Å². The number of piperidine rings is 1. The summed E-state index contributed by atoms with van der Waals surface area (Å²) in [5.41, 5.74) is 6.67. The second-order valence-electron chi connectivity index (χ2n) is 8.29. The van der Waals surface area contributed by atoms with Crippen LogP contribution in [0, 0.1) is 0 Å². The lowest BCUT2D eigenvalue weighted by Crippen LogP contribution is -2.62. The molecule has 1 aliphatic heterocycles. The smallest absolute Gasteiger partial charge is 0.270 e. The lowest BCUT2D eigenvalue weighted by atomic mass is 9.79. The molecule has 4 N–H and O–H groups in total. The van der Waals surface area contributed by atoms with Crippen LogP contribution in [0.1, 0.15) is 88.3 Å². The molecule has 0 saturated carbocycles. The second-order valence-corrected chi connectivity index (χ2v) is 9.18. The first-order valence-electron chi connectivity index (χ1n) is 8.93. The van der Waals surface area contributed by atoms with Gasteiger partial charge in [0.25, 0.3) is 5.91 Å². The molecule has 0 aromatic carbocycles. The number of thiazole rings is 1. The Bertz CT molecular complexity index is 551. The minimum atomic E-state index is -0.0845. The molecule has 1 saturated heterocycles. The molecule has 2 rings (SSSR count). The van der Waals surface area contributed by atoms with E-state index in [9.17, 15) is 4.79 Å². The summed E-state index contributed by atoms with van der Waals surface area (Å²) in [4.78, 5) is 17.0. The van der Waals surface area contributed by atoms with E-state index in [-0.39, 0.29) is 29.1 Å². The normalized spacial score (nSPS) is 21.4. The van der Waals surface area contributed by atoms with Crippen molar-refractivity contribution in [2.45, 2.75) is 89.9 Å². The van der Waals surface area contributed by atoms with Crippen LogP contribution in [0.2, 0.25) is 0 Å². The van der Waals surface area contributed by atoms with Crippen LogP contribution >= 0.6 is 11.3 Å². The first-order valence-corrected chi connectivity index (χ1v) is 9.81. The topological polar surface area (TPSA) is 80.0 Å². The summed E-state index contributed by atoms with van der Waals surface area (Å²) in [5.74, 6) is -0.0845. The molecule has 1 atom stereocenters. The molecule has 0 spiro atoms. The standard InChI is InChI=1S/C18H32N4OS/c1-6-7-8-13(19)16-21-14(11-24-16)15(23)20-12-9-17(2,3)22-18(4,5)10-12/h11-13,22H,6-10,19H2,1-5H3,(H,20,23). The molecule has 5 nitrogen and oxygen atoms in total. The van der Waals surface area contributed by atoms with E-state index in [4.69, 9.17) is 5.73 Å². The third kappa shape index (κ3) is 5.26. The Morgan fingerprint density at radius 3 is 2.62 bits per heavy atom. The van der Waals surface area contributed by atoms with Gasteiger partial charge in [-0.05, 0) is 47.0 Å². The fourth-order valence-electron chi connectivity index (χ4n) is 3.79. The van der Waals surface area contributed by atoms with Gasteiger partial charge in [-0.25, -0.2) is 4.98 Å². The predicted octanol–water partition coefficient (Wildman–Crippen LogP) is 3.37. The van der Waals surface area contributed by atoms with Crippen LogP contribution in [-0.4, -0.2) is 28.0 Å². The van der Waals surface area contributed by atoms with E-state index in [0.717, 1.165) is 37.1 Å². The number of aromatic nitrogens is 1. The molecule has 1 amide bonds. The maximum Gasteiger partial charge on any atom is 0.270 e. The van der Waals surface area contributed by atoms with Crippen molar-refractivity contribution in [3.8, 4) is 0 Å². The van der Waals surface area contributed by atoms with Crippen molar-refractivity contribution in [3.63, 3.8) is 0 Å². The second kappa shape index (κ2) is 7.50. The van der Waals surface area contributed by atoms with Crippen LogP contribution in [0.15, 0.2) is 5.38 Å². The molecule has 1 aromatic heterocycles. The number of carbonyl (C=O) groups is 1. The van der Waals surface area contributed by atoms with Crippen LogP contribution in [0.3, 0.4) is 0 Å². The average molecular weight is 353 g/mol. The minimum absolute atomic E-state index is 0.00936. The van der Waals surface area contributed by atoms with Crippen molar-refractivity contribution in [2.75, 3.05) is 0 Å². The number of rotatable bonds is 6. The number of nitrogens with two attached hydrogens (primary N) is 1. The third-order valence-electron chi connectivity index (χ3n) is 4.47. The molecule has 2 heterocycles. The lowest BCUT2D eigenvalue weighted by Gasteiger charge is -2.46. The van der Waals surface area contributed by atoms with Crippen molar-refractivity contribution < 1.29 is 4.79 Å². The zero-order valence-electron chi connectivity index (χ0n) is 15.6. The highest BCUT2D eigenvalue weighted by Gasteiger charge is 2.38. The minimum Gasteiger partial charge on any atom is -0.348 e. The van der Waals surface area contributed by atoms with Gasteiger partial charge >= 0.3 is 0 Å². The summed E-state index contributed by atoms with van der Waals surface area (Å²) in [7, 11) is 0. The van der Waals surface area contributed by atoms with Crippen molar-refractivity contribution >= 4 is 17.2 Å². The van der Waals surface area contributed by atoms with Gasteiger partial charge in [-0.3, -0.25) is 4.79 Å². The quantitative estimate of drug-likeness (QED) is 0.733. The van der Waals surface area contributed by atoms with Crippen molar-refractivity contribution in [1.82, 2.24) is 15.6 Å². The Kier molecular flexibility index (Phi) is 6.04. The molecule has 0 bridgehead atoms. The van der Waals surface area contributed by atoms with Crippen LogP contribution in [-0.2, 0) is 0 Å². The van der Waals surface area contributed by atoms with Gasteiger partial charge in [-0.15, -0.1) is 11.3 Å². The van der Waals surface area contributed by atoms with E-state index in [1.165, 1.54) is 11.3 Å². The number of hydrogen-bond donors (Lipinski definition) is 3. The Labute approximate surface area is 149 Å². The first kappa shape index (κ1) is 19.3. The number of hydrogen-bond acceptors (Lipinski definition) is 5. The van der Waals surface area contributed by atoms with Gasteiger partial charge in [-0.2, -0.15) is 0 Å². The molecule has 1 unspecified atom stereocenters. The van der Waals surface area contributed by atoms with E-state index in [1.807, 2.05) is 5.38 Å². The van der Waals surface area contributed by atoms with Gasteiger partial charge in [0.2, 0.25) is 0 Å². The summed E-state index contributed by atoms with van der Waals surface area (Å²) in [6.07, 6.45) is 4.95. The van der Waals surface area contributed by atoms with E-state index < -0.39 is 0 Å². The Morgan fingerprint density at radius 1 is 1.42 bits per heavy atom. The number of nitrogens with zero attached hydrogens (tertiary/aromatic N) is 1. The zero-order valence-corrected chi connectivity index (χ0v) is 16.4. The average Bonchev–Trinajstić information content (AvgIpc) is 2.91. The first-order chi connectivity index (χ1) is 11.1. The van der Waals surface area contributed by atoms with Crippen LogP contribution < -0.4 is 16.4 Å². The highest BCUT2D eigenvalue weighted by atomic mass is 32.1. The predicted molar refractivity (Wildman–Crippen MR) is 100 cm³/mol. The largest absolute Gasteiger partial charge is 0.348 e. The molecule has 136 valence electrons. The van der Waals surface area contributed by atoms with Gasteiger partial charge in [0.15, 0.2) is 0 Å². The molecule has 6 heteroatoms. The Hall–Kier alpha value is -0.980. The van der Waals surface area contributed by atoms with Crippen LogP contribution in [0.25, 0.3) is 0 Å². The SMILES string of the molecule is CCCCC(N)c1nc(C(=O)NC2CC(C)(C)NC(C)(C)C2)cs1. The Balaban J connectivity index is 1.98. The number of unbranched alkanes of at least 4 members (excludes halogenated alkanes) is 1. The molecule has 24 heavy (non-hydrogen) atoms. The van der Waals surface area contributed by atoms with Crippen LogP contribution in [0.4, 0.5) is 0 Å². The highest BCUT2D eigenvalue weighted by Crippen LogP contribution is 2.29. The fraction of sp³-hybridized carbons (Fsp3) is 0.778.